The Hall–Kier alpha value is -2.04. The second kappa shape index (κ2) is 11.1. The van der Waals surface area contributed by atoms with Crippen molar-refractivity contribution >= 4 is 29.9 Å². The van der Waals surface area contributed by atoms with Gasteiger partial charge >= 0.3 is 0 Å². The van der Waals surface area contributed by atoms with Gasteiger partial charge in [0.2, 0.25) is 5.89 Å². The molecule has 3 rings (SSSR count). The van der Waals surface area contributed by atoms with Gasteiger partial charge in [0, 0.05) is 25.9 Å². The van der Waals surface area contributed by atoms with Gasteiger partial charge in [-0.05, 0) is 18.6 Å². The molecule has 9 heteroatoms. The van der Waals surface area contributed by atoms with Crippen LogP contribution in [0.4, 0.5) is 0 Å². The fourth-order valence-electron chi connectivity index (χ4n) is 2.65. The molecule has 8 nitrogen and oxygen atoms in total. The van der Waals surface area contributed by atoms with Crippen LogP contribution >= 0.6 is 24.0 Å². The molecule has 2 N–H and O–H groups in total. The molecule has 1 aromatic carbocycles. The number of nitrogens with one attached hydrogen (secondary N) is 2. The van der Waals surface area contributed by atoms with E-state index in [0.29, 0.717) is 19.0 Å². The molecule has 1 aliphatic rings. The average molecular weight is 501 g/mol. The van der Waals surface area contributed by atoms with Gasteiger partial charge in [0.1, 0.15) is 12.7 Å². The number of rotatable bonds is 7. The molecule has 154 valence electrons. The minimum Gasteiger partial charge on any atom is -0.486 e. The summed E-state index contributed by atoms with van der Waals surface area (Å²) in [7, 11) is 1.75. The molecule has 0 aliphatic carbocycles. The van der Waals surface area contributed by atoms with Crippen LogP contribution in [0.2, 0.25) is 0 Å². The highest BCUT2D eigenvalue weighted by molar-refractivity contribution is 14.0. The molecule has 0 amide bonds. The predicted molar refractivity (Wildman–Crippen MR) is 118 cm³/mol. The number of aryl methyl sites for hydroxylation is 1. The third-order valence-electron chi connectivity index (χ3n) is 4.15. The maximum absolute atomic E-state index is 5.93. The number of hydrogen-bond acceptors (Lipinski definition) is 6. The summed E-state index contributed by atoms with van der Waals surface area (Å²) in [6.45, 7) is 5.97. The molecule has 0 saturated heterocycles. The molecule has 1 aliphatic heterocycles. The highest BCUT2D eigenvalue weighted by Crippen LogP contribution is 2.30. The van der Waals surface area contributed by atoms with Crippen LogP contribution in [0.15, 0.2) is 33.8 Å². The summed E-state index contributed by atoms with van der Waals surface area (Å²) in [5, 5.41) is 10.5. The van der Waals surface area contributed by atoms with Crippen molar-refractivity contribution in [3.05, 3.63) is 36.0 Å². The molecule has 2 heterocycles. The number of para-hydroxylation sites is 2. The van der Waals surface area contributed by atoms with Crippen molar-refractivity contribution in [2.45, 2.75) is 38.7 Å². The lowest BCUT2D eigenvalue weighted by molar-refractivity contribution is 0.0936. The monoisotopic (exact) mass is 501 g/mol. The highest BCUT2D eigenvalue weighted by atomic mass is 127. The van der Waals surface area contributed by atoms with E-state index < -0.39 is 0 Å². The normalized spacial score (nSPS) is 15.9. The lowest BCUT2D eigenvalue weighted by Crippen LogP contribution is -2.45. The first-order chi connectivity index (χ1) is 13.2. The van der Waals surface area contributed by atoms with Crippen molar-refractivity contribution in [2.75, 3.05) is 26.7 Å². The van der Waals surface area contributed by atoms with Crippen LogP contribution in [-0.4, -0.2) is 48.9 Å². The molecule has 28 heavy (non-hydrogen) atoms. The van der Waals surface area contributed by atoms with E-state index in [4.69, 9.17) is 14.0 Å². The second-order valence-corrected chi connectivity index (χ2v) is 6.68. The Morgan fingerprint density at radius 1 is 1.25 bits per heavy atom. The van der Waals surface area contributed by atoms with E-state index in [1.807, 2.05) is 38.1 Å². The Kier molecular flexibility index (Phi) is 8.81. The summed E-state index contributed by atoms with van der Waals surface area (Å²) in [4.78, 5) is 8.62. The van der Waals surface area contributed by atoms with Crippen molar-refractivity contribution in [1.82, 2.24) is 20.8 Å². The first-order valence-corrected chi connectivity index (χ1v) is 9.31. The van der Waals surface area contributed by atoms with Crippen molar-refractivity contribution in [2.24, 2.45) is 4.99 Å². The number of aliphatic imine (C=N–C) groups is 1. The van der Waals surface area contributed by atoms with Crippen molar-refractivity contribution in [3.63, 3.8) is 0 Å². The largest absolute Gasteiger partial charge is 0.486 e. The van der Waals surface area contributed by atoms with Gasteiger partial charge in [0.15, 0.2) is 23.3 Å². The van der Waals surface area contributed by atoms with E-state index in [1.54, 1.807) is 7.05 Å². The summed E-state index contributed by atoms with van der Waals surface area (Å²) in [6, 6.07) is 7.69. The molecule has 0 spiro atoms. The zero-order valence-electron chi connectivity index (χ0n) is 16.5. The van der Waals surface area contributed by atoms with E-state index in [0.717, 1.165) is 42.7 Å². The van der Waals surface area contributed by atoms with E-state index >= 15 is 0 Å². The topological polar surface area (TPSA) is 93.8 Å². The number of ether oxygens (including phenoxy) is 2. The number of nitrogens with zero attached hydrogens (tertiary/aromatic N) is 3. The summed E-state index contributed by atoms with van der Waals surface area (Å²) in [6.07, 6.45) is 1.54. The van der Waals surface area contributed by atoms with Gasteiger partial charge in [-0.25, -0.2) is 0 Å². The molecule has 0 fully saturated rings. The first-order valence-electron chi connectivity index (χ1n) is 9.31. The fourth-order valence-corrected chi connectivity index (χ4v) is 2.65. The van der Waals surface area contributed by atoms with Gasteiger partial charge in [0.05, 0.1) is 6.54 Å². The predicted octanol–water partition coefficient (Wildman–Crippen LogP) is 2.75. The average Bonchev–Trinajstić information content (AvgIpc) is 3.16. The molecule has 2 aromatic rings. The van der Waals surface area contributed by atoms with Gasteiger partial charge in [-0.3, -0.25) is 4.99 Å². The molecule has 1 unspecified atom stereocenters. The Bertz CT molecular complexity index is 766. The smallest absolute Gasteiger partial charge is 0.226 e. The molecule has 0 saturated carbocycles. The standard InChI is InChI=1S/C19H27N5O3.HI/c1-13(2)18-23-17(27-24-18)9-6-10-21-19(20-3)22-11-14-12-25-15-7-4-5-8-16(15)26-14;/h4-5,7-8,13-14H,6,9-12H2,1-3H3,(H2,20,21,22);1H. The number of aromatic nitrogens is 2. The quantitative estimate of drug-likeness (QED) is 0.261. The summed E-state index contributed by atoms with van der Waals surface area (Å²) >= 11 is 0. The minimum absolute atomic E-state index is 0. The number of halogens is 1. The van der Waals surface area contributed by atoms with Gasteiger partial charge < -0.3 is 24.6 Å². The van der Waals surface area contributed by atoms with Crippen LogP contribution in [0, 0.1) is 0 Å². The molecule has 0 radical (unpaired) electrons. The van der Waals surface area contributed by atoms with E-state index in [-0.39, 0.29) is 36.0 Å². The van der Waals surface area contributed by atoms with Crippen molar-refractivity contribution in [1.29, 1.82) is 0 Å². The summed E-state index contributed by atoms with van der Waals surface area (Å²) < 4.78 is 16.9. The van der Waals surface area contributed by atoms with Gasteiger partial charge in [-0.15, -0.1) is 24.0 Å². The van der Waals surface area contributed by atoms with E-state index in [9.17, 15) is 0 Å². The molecule has 0 bridgehead atoms. The van der Waals surface area contributed by atoms with Gasteiger partial charge in [-0.1, -0.05) is 31.1 Å². The molecule has 1 atom stereocenters. The zero-order chi connectivity index (χ0) is 19.1. The Labute approximate surface area is 182 Å². The first kappa shape index (κ1) is 22.3. The van der Waals surface area contributed by atoms with Crippen LogP contribution < -0.4 is 20.1 Å². The van der Waals surface area contributed by atoms with Crippen LogP contribution in [-0.2, 0) is 6.42 Å². The SMILES string of the molecule is CN=C(NCCCc1nc(C(C)C)no1)NCC1COc2ccccc2O1.I. The Balaban J connectivity index is 0.00000280. The number of benzene rings is 1. The van der Waals surface area contributed by atoms with Crippen molar-refractivity contribution < 1.29 is 14.0 Å². The van der Waals surface area contributed by atoms with Gasteiger partial charge in [0.25, 0.3) is 0 Å². The Morgan fingerprint density at radius 2 is 2.04 bits per heavy atom. The molecular formula is C19H28IN5O3. The third-order valence-corrected chi connectivity index (χ3v) is 4.15. The van der Waals surface area contributed by atoms with Crippen LogP contribution in [0.3, 0.4) is 0 Å². The Morgan fingerprint density at radius 3 is 2.75 bits per heavy atom. The maximum Gasteiger partial charge on any atom is 0.226 e. The zero-order valence-corrected chi connectivity index (χ0v) is 18.8. The van der Waals surface area contributed by atoms with Crippen LogP contribution in [0.25, 0.3) is 0 Å². The van der Waals surface area contributed by atoms with Crippen LogP contribution in [0.1, 0.15) is 37.9 Å². The highest BCUT2D eigenvalue weighted by Gasteiger charge is 2.20. The number of hydrogen-bond donors (Lipinski definition) is 2. The lowest BCUT2D eigenvalue weighted by Gasteiger charge is -2.27. The molecule has 1 aromatic heterocycles. The van der Waals surface area contributed by atoms with E-state index in [2.05, 4.69) is 25.8 Å². The lowest BCUT2D eigenvalue weighted by atomic mass is 10.2. The summed E-state index contributed by atoms with van der Waals surface area (Å²) in [5.74, 6) is 4.01. The third kappa shape index (κ3) is 6.25. The number of guanidine groups is 1. The second-order valence-electron chi connectivity index (χ2n) is 6.68. The fraction of sp³-hybridized carbons (Fsp3) is 0.526. The number of fused-ring (bicyclic) bond motifs is 1. The minimum atomic E-state index is -0.0636. The van der Waals surface area contributed by atoms with Crippen LogP contribution in [0.5, 0.6) is 11.5 Å². The summed E-state index contributed by atoms with van der Waals surface area (Å²) in [5.41, 5.74) is 0. The van der Waals surface area contributed by atoms with E-state index in [1.165, 1.54) is 0 Å². The maximum atomic E-state index is 5.93. The molecular weight excluding hydrogens is 473 g/mol. The van der Waals surface area contributed by atoms with Gasteiger partial charge in [-0.2, -0.15) is 4.98 Å². The van der Waals surface area contributed by atoms with Crippen molar-refractivity contribution in [3.8, 4) is 11.5 Å².